The Morgan fingerprint density at radius 1 is 1.16 bits per heavy atom. The zero-order valence-electron chi connectivity index (χ0n) is 18.5. The Balaban J connectivity index is 1.73. The summed E-state index contributed by atoms with van der Waals surface area (Å²) in [6.45, 7) is 5.15. The Morgan fingerprint density at radius 3 is 2.31 bits per heavy atom. The van der Waals surface area contributed by atoms with Crippen LogP contribution in [0.3, 0.4) is 0 Å². The fourth-order valence-corrected chi connectivity index (χ4v) is 3.72. The van der Waals surface area contributed by atoms with E-state index in [4.69, 9.17) is 10.00 Å². The molecule has 1 fully saturated rings. The van der Waals surface area contributed by atoms with Gasteiger partial charge in [0.15, 0.2) is 0 Å². The number of imide groups is 1. The van der Waals surface area contributed by atoms with Crippen molar-refractivity contribution in [3.05, 3.63) is 65.2 Å². The van der Waals surface area contributed by atoms with Gasteiger partial charge in [-0.05, 0) is 48.2 Å². The van der Waals surface area contributed by atoms with Gasteiger partial charge in [-0.2, -0.15) is 5.26 Å². The number of nitrogens with one attached hydrogen (secondary N) is 2. The first kappa shape index (κ1) is 22.8. The highest BCUT2D eigenvalue weighted by molar-refractivity contribution is 6.09. The zero-order chi connectivity index (χ0) is 23.5. The summed E-state index contributed by atoms with van der Waals surface area (Å²) >= 11 is 0. The lowest BCUT2D eigenvalue weighted by Crippen LogP contribution is -2.44. The van der Waals surface area contributed by atoms with Crippen molar-refractivity contribution in [3.8, 4) is 11.8 Å². The number of rotatable bonds is 7. The van der Waals surface area contributed by atoms with E-state index in [1.54, 1.807) is 38.3 Å². The minimum Gasteiger partial charge on any atom is -0.497 e. The Labute approximate surface area is 187 Å². The molecule has 2 atom stereocenters. The number of carbonyl (C=O) groups is 3. The van der Waals surface area contributed by atoms with Gasteiger partial charge < -0.3 is 15.4 Å². The van der Waals surface area contributed by atoms with E-state index in [0.29, 0.717) is 16.9 Å². The molecule has 1 aliphatic heterocycles. The van der Waals surface area contributed by atoms with Gasteiger partial charge in [-0.3, -0.25) is 14.5 Å². The molecule has 2 unspecified atom stereocenters. The van der Waals surface area contributed by atoms with Gasteiger partial charge in [0.2, 0.25) is 5.91 Å². The van der Waals surface area contributed by atoms with E-state index in [9.17, 15) is 14.4 Å². The first-order valence-corrected chi connectivity index (χ1v) is 10.3. The fraction of sp³-hybridized carbons (Fsp3) is 0.333. The molecule has 166 valence electrons. The normalized spacial score (nSPS) is 18.8. The van der Waals surface area contributed by atoms with E-state index < -0.39 is 29.9 Å². The van der Waals surface area contributed by atoms with Crippen LogP contribution >= 0.6 is 0 Å². The molecule has 2 aromatic rings. The monoisotopic (exact) mass is 434 g/mol. The maximum absolute atomic E-state index is 13.1. The van der Waals surface area contributed by atoms with Crippen molar-refractivity contribution < 1.29 is 19.1 Å². The summed E-state index contributed by atoms with van der Waals surface area (Å²) in [4.78, 5) is 39.3. The fourth-order valence-electron chi connectivity index (χ4n) is 3.72. The predicted molar refractivity (Wildman–Crippen MR) is 117 cm³/mol. The van der Waals surface area contributed by atoms with E-state index in [1.165, 1.54) is 0 Å². The van der Waals surface area contributed by atoms with Crippen LogP contribution in [-0.4, -0.2) is 36.4 Å². The number of hydrogen-bond acceptors (Lipinski definition) is 5. The zero-order valence-corrected chi connectivity index (χ0v) is 18.5. The molecule has 0 spiro atoms. The number of benzene rings is 2. The molecular formula is C24H26N4O4. The van der Waals surface area contributed by atoms with Crippen molar-refractivity contribution in [2.45, 2.75) is 32.4 Å². The third-order valence-corrected chi connectivity index (χ3v) is 5.63. The number of hydrogen-bond donors (Lipinski definition) is 2. The second-order valence-corrected chi connectivity index (χ2v) is 8.20. The molecule has 2 aromatic carbocycles. The maximum Gasteiger partial charge on any atom is 0.325 e. The molecule has 0 aliphatic carbocycles. The van der Waals surface area contributed by atoms with Crippen LogP contribution in [0.2, 0.25) is 0 Å². The molecule has 0 radical (unpaired) electrons. The highest BCUT2D eigenvalue weighted by Gasteiger charge is 2.49. The molecular weight excluding hydrogens is 408 g/mol. The van der Waals surface area contributed by atoms with Crippen molar-refractivity contribution in [1.82, 2.24) is 15.5 Å². The Bertz CT molecular complexity index is 1060. The van der Waals surface area contributed by atoms with Crippen molar-refractivity contribution in [3.63, 3.8) is 0 Å². The van der Waals surface area contributed by atoms with Crippen LogP contribution in [0, 0.1) is 17.2 Å². The summed E-state index contributed by atoms with van der Waals surface area (Å²) in [7, 11) is 1.58. The van der Waals surface area contributed by atoms with Crippen LogP contribution in [0.15, 0.2) is 48.5 Å². The molecule has 0 aromatic heterocycles. The average molecular weight is 434 g/mol. The molecule has 1 saturated heterocycles. The number of methoxy groups -OCH3 is 1. The summed E-state index contributed by atoms with van der Waals surface area (Å²) < 4.78 is 5.18. The van der Waals surface area contributed by atoms with Gasteiger partial charge in [0.05, 0.1) is 24.8 Å². The third kappa shape index (κ3) is 4.42. The first-order chi connectivity index (χ1) is 15.2. The Hall–Kier alpha value is -3.86. The third-order valence-electron chi connectivity index (χ3n) is 5.63. The number of urea groups is 1. The van der Waals surface area contributed by atoms with Crippen LogP contribution in [0.5, 0.6) is 5.75 Å². The number of carbonyl (C=O) groups excluding carboxylic acids is 3. The van der Waals surface area contributed by atoms with E-state index in [-0.39, 0.29) is 12.0 Å². The SMILES string of the molecule is COc1ccc(C(NC(=O)CN2C(=O)NC(C)(c3ccc(C#N)cc3)C2=O)C(C)C)cc1. The average Bonchev–Trinajstić information content (AvgIpc) is 3.01. The summed E-state index contributed by atoms with van der Waals surface area (Å²) in [6, 6.07) is 14.9. The highest BCUT2D eigenvalue weighted by atomic mass is 16.5. The molecule has 32 heavy (non-hydrogen) atoms. The van der Waals surface area contributed by atoms with E-state index in [2.05, 4.69) is 10.6 Å². The summed E-state index contributed by atoms with van der Waals surface area (Å²) in [5.41, 5.74) is 0.576. The molecule has 1 aliphatic rings. The second kappa shape index (κ2) is 9.10. The molecule has 4 amide bonds. The van der Waals surface area contributed by atoms with Gasteiger partial charge in [-0.1, -0.05) is 38.1 Å². The Kier molecular flexibility index (Phi) is 6.49. The molecule has 2 N–H and O–H groups in total. The molecule has 1 heterocycles. The van der Waals surface area contributed by atoms with Crippen molar-refractivity contribution >= 4 is 17.8 Å². The van der Waals surface area contributed by atoms with Gasteiger partial charge in [0.1, 0.15) is 17.8 Å². The first-order valence-electron chi connectivity index (χ1n) is 10.3. The van der Waals surface area contributed by atoms with Crippen LogP contribution in [-0.2, 0) is 15.1 Å². The van der Waals surface area contributed by atoms with Crippen LogP contribution in [0.1, 0.15) is 43.5 Å². The molecule has 8 nitrogen and oxygen atoms in total. The predicted octanol–water partition coefficient (Wildman–Crippen LogP) is 2.85. The quantitative estimate of drug-likeness (QED) is 0.651. The Morgan fingerprint density at radius 2 is 1.78 bits per heavy atom. The number of ether oxygens (including phenoxy) is 1. The summed E-state index contributed by atoms with van der Waals surface area (Å²) in [5, 5.41) is 14.6. The van der Waals surface area contributed by atoms with E-state index in [1.807, 2.05) is 44.2 Å². The highest BCUT2D eigenvalue weighted by Crippen LogP contribution is 2.29. The lowest BCUT2D eigenvalue weighted by Gasteiger charge is -2.25. The van der Waals surface area contributed by atoms with Crippen LogP contribution in [0.4, 0.5) is 4.79 Å². The standard InChI is InChI=1S/C24H26N4O4/c1-15(2)21(17-7-11-19(32-4)12-8-17)26-20(29)14-28-22(30)24(3,27-23(28)31)18-9-5-16(13-25)6-10-18/h5-12,15,21H,14H2,1-4H3,(H,26,29)(H,27,31). The van der Waals surface area contributed by atoms with Crippen molar-refractivity contribution in [2.24, 2.45) is 5.92 Å². The lowest BCUT2D eigenvalue weighted by molar-refractivity contribution is -0.135. The molecule has 0 bridgehead atoms. The largest absolute Gasteiger partial charge is 0.497 e. The number of nitrogens with zero attached hydrogens (tertiary/aromatic N) is 2. The molecule has 0 saturated carbocycles. The van der Waals surface area contributed by atoms with Gasteiger partial charge >= 0.3 is 6.03 Å². The molecule has 8 heteroatoms. The van der Waals surface area contributed by atoms with Gasteiger partial charge in [-0.25, -0.2) is 4.79 Å². The second-order valence-electron chi connectivity index (χ2n) is 8.20. The van der Waals surface area contributed by atoms with Crippen LogP contribution < -0.4 is 15.4 Å². The number of nitriles is 1. The van der Waals surface area contributed by atoms with Crippen molar-refractivity contribution in [2.75, 3.05) is 13.7 Å². The minimum absolute atomic E-state index is 0.0827. The van der Waals surface area contributed by atoms with Gasteiger partial charge in [0.25, 0.3) is 5.91 Å². The van der Waals surface area contributed by atoms with Gasteiger partial charge in [-0.15, -0.1) is 0 Å². The molecule has 3 rings (SSSR count). The smallest absolute Gasteiger partial charge is 0.325 e. The van der Waals surface area contributed by atoms with Crippen LogP contribution in [0.25, 0.3) is 0 Å². The lowest BCUT2D eigenvalue weighted by atomic mass is 9.91. The van der Waals surface area contributed by atoms with E-state index in [0.717, 1.165) is 10.5 Å². The summed E-state index contributed by atoms with van der Waals surface area (Å²) in [5.74, 6) is -0.164. The topological polar surface area (TPSA) is 112 Å². The maximum atomic E-state index is 13.1. The number of amides is 4. The summed E-state index contributed by atoms with van der Waals surface area (Å²) in [6.07, 6.45) is 0. The van der Waals surface area contributed by atoms with Crippen molar-refractivity contribution in [1.29, 1.82) is 5.26 Å². The minimum atomic E-state index is -1.31. The van der Waals surface area contributed by atoms with Gasteiger partial charge in [0, 0.05) is 0 Å². The van der Waals surface area contributed by atoms with E-state index >= 15 is 0 Å².